The second-order valence-corrected chi connectivity index (χ2v) is 3.72. The highest BCUT2D eigenvalue weighted by molar-refractivity contribution is 5.97. The van der Waals surface area contributed by atoms with Gasteiger partial charge in [-0.2, -0.15) is 0 Å². The van der Waals surface area contributed by atoms with Crippen LogP contribution in [0.1, 0.15) is 36.2 Å². The highest BCUT2D eigenvalue weighted by Crippen LogP contribution is 2.31. The Balaban J connectivity index is 3.11. The van der Waals surface area contributed by atoms with E-state index >= 15 is 0 Å². The summed E-state index contributed by atoms with van der Waals surface area (Å²) >= 11 is 0. The molecule has 0 atom stereocenters. The van der Waals surface area contributed by atoms with Gasteiger partial charge in [-0.25, -0.2) is 0 Å². The van der Waals surface area contributed by atoms with Crippen LogP contribution in [0, 0.1) is 0 Å². The summed E-state index contributed by atoms with van der Waals surface area (Å²) in [6.45, 7) is 2.77. The predicted molar refractivity (Wildman–Crippen MR) is 58.8 cm³/mol. The fraction of sp³-hybridized carbons (Fsp3) is 0.333. The van der Waals surface area contributed by atoms with Crippen molar-refractivity contribution in [2.45, 2.75) is 26.7 Å². The molecular formula is C12H14O4. The fourth-order valence-electron chi connectivity index (χ4n) is 1.46. The van der Waals surface area contributed by atoms with E-state index in [1.807, 2.05) is 0 Å². The Bertz CT molecular complexity index is 435. The van der Waals surface area contributed by atoms with Gasteiger partial charge in [-0.15, -0.1) is 0 Å². The lowest BCUT2D eigenvalue weighted by atomic mass is 10.0. The van der Waals surface area contributed by atoms with Crippen molar-refractivity contribution in [2.75, 3.05) is 0 Å². The molecular weight excluding hydrogens is 208 g/mol. The number of Topliss-reactive ketones (excluding diaryl/α,β-unsaturated/α-hetero) is 2. The summed E-state index contributed by atoms with van der Waals surface area (Å²) in [6, 6.07) is 2.72. The molecule has 1 aromatic carbocycles. The molecule has 0 unspecified atom stereocenters. The molecule has 0 aromatic heterocycles. The summed E-state index contributed by atoms with van der Waals surface area (Å²) in [5, 5.41) is 19.3. The summed E-state index contributed by atoms with van der Waals surface area (Å²) in [4.78, 5) is 22.0. The molecule has 0 aliphatic carbocycles. The number of carbonyl (C=O) groups excluding carboxylic acids is 2. The molecule has 16 heavy (non-hydrogen) atoms. The third kappa shape index (κ3) is 2.59. The van der Waals surface area contributed by atoms with E-state index in [0.29, 0.717) is 0 Å². The standard InChI is InChI=1S/C12H14O4/c1-7(13)3-4-10-11(15)6-5-9(8(2)14)12(10)16/h5-6,15-16H,3-4H2,1-2H3. The zero-order chi connectivity index (χ0) is 12.3. The Morgan fingerprint density at radius 3 is 2.31 bits per heavy atom. The van der Waals surface area contributed by atoms with Crippen molar-refractivity contribution >= 4 is 11.6 Å². The van der Waals surface area contributed by atoms with Crippen molar-refractivity contribution in [3.05, 3.63) is 23.3 Å². The van der Waals surface area contributed by atoms with Crippen molar-refractivity contribution < 1.29 is 19.8 Å². The topological polar surface area (TPSA) is 74.6 Å². The minimum atomic E-state index is -0.276. The lowest BCUT2D eigenvalue weighted by molar-refractivity contribution is -0.116. The van der Waals surface area contributed by atoms with E-state index < -0.39 is 0 Å². The van der Waals surface area contributed by atoms with Crippen LogP contribution in [0.2, 0.25) is 0 Å². The number of phenolic OH excluding ortho intramolecular Hbond substituents is 2. The molecule has 1 aromatic rings. The fourth-order valence-corrected chi connectivity index (χ4v) is 1.46. The second-order valence-electron chi connectivity index (χ2n) is 3.72. The Morgan fingerprint density at radius 1 is 1.19 bits per heavy atom. The lowest BCUT2D eigenvalue weighted by Crippen LogP contribution is -1.99. The molecule has 1 rings (SSSR count). The van der Waals surface area contributed by atoms with Crippen molar-refractivity contribution in [3.63, 3.8) is 0 Å². The number of hydrogen-bond acceptors (Lipinski definition) is 4. The van der Waals surface area contributed by atoms with Gasteiger partial charge in [0.05, 0.1) is 5.56 Å². The molecule has 0 aliphatic heterocycles. The molecule has 2 N–H and O–H groups in total. The van der Waals surface area contributed by atoms with E-state index in [1.54, 1.807) is 0 Å². The van der Waals surface area contributed by atoms with Crippen LogP contribution in [0.25, 0.3) is 0 Å². The second kappa shape index (κ2) is 4.79. The van der Waals surface area contributed by atoms with Gasteiger partial charge < -0.3 is 15.0 Å². The normalized spacial score (nSPS) is 10.1. The van der Waals surface area contributed by atoms with Gasteiger partial charge in [0.15, 0.2) is 5.78 Å². The van der Waals surface area contributed by atoms with Gasteiger partial charge in [0.2, 0.25) is 0 Å². The quantitative estimate of drug-likeness (QED) is 0.762. The third-order valence-electron chi connectivity index (χ3n) is 2.36. The maximum atomic E-state index is 11.2. The van der Waals surface area contributed by atoms with Crippen LogP contribution >= 0.6 is 0 Å². The molecule has 0 amide bonds. The van der Waals surface area contributed by atoms with Crippen LogP contribution < -0.4 is 0 Å². The third-order valence-corrected chi connectivity index (χ3v) is 2.36. The summed E-state index contributed by atoms with van der Waals surface area (Å²) in [6.07, 6.45) is 0.455. The van der Waals surface area contributed by atoms with Crippen LogP contribution in [0.4, 0.5) is 0 Å². The average Bonchev–Trinajstić information content (AvgIpc) is 2.16. The van der Waals surface area contributed by atoms with E-state index in [0.717, 1.165) is 0 Å². The number of phenols is 2. The first-order valence-corrected chi connectivity index (χ1v) is 4.97. The minimum absolute atomic E-state index is 0.0352. The largest absolute Gasteiger partial charge is 0.508 e. The van der Waals surface area contributed by atoms with Crippen LogP contribution in [0.5, 0.6) is 11.5 Å². The Labute approximate surface area is 93.5 Å². The zero-order valence-corrected chi connectivity index (χ0v) is 9.28. The van der Waals surface area contributed by atoms with Gasteiger partial charge in [0.1, 0.15) is 17.3 Å². The van der Waals surface area contributed by atoms with Gasteiger partial charge in [-0.1, -0.05) is 0 Å². The van der Waals surface area contributed by atoms with E-state index in [-0.39, 0.29) is 47.0 Å². The monoisotopic (exact) mass is 222 g/mol. The van der Waals surface area contributed by atoms with Crippen LogP contribution in [-0.2, 0) is 11.2 Å². The van der Waals surface area contributed by atoms with Crippen molar-refractivity contribution in [1.82, 2.24) is 0 Å². The summed E-state index contributed by atoms with van der Waals surface area (Å²) < 4.78 is 0. The van der Waals surface area contributed by atoms with Crippen molar-refractivity contribution in [3.8, 4) is 11.5 Å². The number of rotatable bonds is 4. The Morgan fingerprint density at radius 2 is 1.81 bits per heavy atom. The maximum Gasteiger partial charge on any atom is 0.163 e. The van der Waals surface area contributed by atoms with Gasteiger partial charge >= 0.3 is 0 Å². The number of aromatic hydroxyl groups is 2. The van der Waals surface area contributed by atoms with Gasteiger partial charge in [0.25, 0.3) is 0 Å². The SMILES string of the molecule is CC(=O)CCc1c(O)ccc(C(C)=O)c1O. The van der Waals surface area contributed by atoms with Crippen LogP contribution in [0.15, 0.2) is 12.1 Å². The molecule has 0 aliphatic rings. The minimum Gasteiger partial charge on any atom is -0.508 e. The average molecular weight is 222 g/mol. The van der Waals surface area contributed by atoms with E-state index in [2.05, 4.69) is 0 Å². The number of hydrogen-bond donors (Lipinski definition) is 2. The number of carbonyl (C=O) groups is 2. The first-order valence-electron chi connectivity index (χ1n) is 4.97. The van der Waals surface area contributed by atoms with Gasteiger partial charge in [-0.05, 0) is 32.4 Å². The molecule has 86 valence electrons. The first-order chi connectivity index (χ1) is 7.43. The van der Waals surface area contributed by atoms with E-state index in [4.69, 9.17) is 0 Å². The van der Waals surface area contributed by atoms with E-state index in [1.165, 1.54) is 26.0 Å². The van der Waals surface area contributed by atoms with E-state index in [9.17, 15) is 19.8 Å². The van der Waals surface area contributed by atoms with Gasteiger partial charge in [0, 0.05) is 12.0 Å². The molecule has 4 nitrogen and oxygen atoms in total. The summed E-state index contributed by atoms with van der Waals surface area (Å²) in [7, 11) is 0. The molecule has 0 bridgehead atoms. The van der Waals surface area contributed by atoms with Crippen LogP contribution in [0.3, 0.4) is 0 Å². The van der Waals surface area contributed by atoms with Crippen molar-refractivity contribution in [1.29, 1.82) is 0 Å². The van der Waals surface area contributed by atoms with Crippen LogP contribution in [-0.4, -0.2) is 21.8 Å². The molecule has 0 heterocycles. The number of ketones is 2. The maximum absolute atomic E-state index is 11.2. The molecule has 0 radical (unpaired) electrons. The first kappa shape index (κ1) is 12.2. The smallest absolute Gasteiger partial charge is 0.163 e. The van der Waals surface area contributed by atoms with Crippen molar-refractivity contribution in [2.24, 2.45) is 0 Å². The summed E-state index contributed by atoms with van der Waals surface area (Å²) in [5.41, 5.74) is 0.416. The molecule has 0 fully saturated rings. The molecule has 0 saturated heterocycles. The molecule has 0 saturated carbocycles. The number of benzene rings is 1. The molecule has 4 heteroatoms. The van der Waals surface area contributed by atoms with Gasteiger partial charge in [-0.3, -0.25) is 4.79 Å². The Kier molecular flexibility index (Phi) is 3.66. The predicted octanol–water partition coefficient (Wildman–Crippen LogP) is 1.82. The Hall–Kier alpha value is -1.84. The zero-order valence-electron chi connectivity index (χ0n) is 9.28. The lowest BCUT2D eigenvalue weighted by Gasteiger charge is -2.09. The summed E-state index contributed by atoms with van der Waals surface area (Å²) in [5.74, 6) is -0.633. The molecule has 0 spiro atoms. The highest BCUT2D eigenvalue weighted by atomic mass is 16.3. The highest BCUT2D eigenvalue weighted by Gasteiger charge is 2.15.